The Balaban J connectivity index is 6.58. The van der Waals surface area contributed by atoms with Crippen LogP contribution in [0.25, 0.3) is 0 Å². The van der Waals surface area contributed by atoms with Crippen molar-refractivity contribution < 1.29 is 70.2 Å². The van der Waals surface area contributed by atoms with Crippen molar-refractivity contribution in [1.29, 1.82) is 0 Å². The fourth-order valence-corrected chi connectivity index (χ4v) is 2.70. The lowest BCUT2D eigenvalue weighted by molar-refractivity contribution is -0.453. The third-order valence-corrected chi connectivity index (χ3v) is 5.26. The zero-order valence-electron chi connectivity index (χ0n) is 15.0. The molecule has 0 fully saturated rings. The SMILES string of the molecule is FC(F)(CCCBr)C(F)(F)C(F)(F)C(F)(F)C(F)(F)C(F)(F)C(F)(F)C(F)(F)CCCBr. The van der Waals surface area contributed by atoms with E-state index in [0.29, 0.717) is 0 Å². The Kier molecular flexibility index (Phi) is 9.43. The molecule has 0 aliphatic heterocycles. The first-order valence-corrected chi connectivity index (χ1v) is 10.3. The molecule has 0 amide bonds. The molecule has 0 bridgehead atoms. The second-order valence-electron chi connectivity index (χ2n) is 6.44. The van der Waals surface area contributed by atoms with Gasteiger partial charge < -0.3 is 0 Å². The summed E-state index contributed by atoms with van der Waals surface area (Å²) in [6.07, 6.45) is -6.96. The topological polar surface area (TPSA) is 0 Å². The molecule has 0 aliphatic rings. The van der Waals surface area contributed by atoms with Gasteiger partial charge in [-0.2, -0.15) is 70.2 Å². The lowest BCUT2D eigenvalue weighted by Gasteiger charge is -2.43. The summed E-state index contributed by atoms with van der Waals surface area (Å²) in [6.45, 7) is 0. The molecule has 0 N–H and O–H groups in total. The van der Waals surface area contributed by atoms with E-state index < -0.39 is 83.7 Å². The van der Waals surface area contributed by atoms with E-state index >= 15 is 0 Å². The molecule has 0 spiro atoms. The van der Waals surface area contributed by atoms with E-state index in [1.807, 2.05) is 0 Å². The third kappa shape index (κ3) is 4.68. The monoisotopic (exact) mass is 642 g/mol. The van der Waals surface area contributed by atoms with Crippen LogP contribution in [-0.4, -0.2) is 58.0 Å². The highest BCUT2D eigenvalue weighted by Crippen LogP contribution is 2.64. The van der Waals surface area contributed by atoms with Crippen LogP contribution in [0.5, 0.6) is 0 Å². The maximum atomic E-state index is 13.6. The van der Waals surface area contributed by atoms with E-state index in [0.717, 1.165) is 0 Å². The van der Waals surface area contributed by atoms with Crippen molar-refractivity contribution in [2.45, 2.75) is 73.1 Å². The second-order valence-corrected chi connectivity index (χ2v) is 8.03. The standard InChI is InChI=1S/C14H12Br2F16/c15-5-1-3-7(17,18)9(21,22)11(25,26)13(29,30)14(31,32)12(27,28)10(23,24)8(19,20)4-2-6-16/h1-6H2. The molecule has 0 heterocycles. The highest BCUT2D eigenvalue weighted by molar-refractivity contribution is 9.09. The van der Waals surface area contributed by atoms with E-state index in [1.54, 1.807) is 0 Å². The molecule has 0 saturated heterocycles. The zero-order chi connectivity index (χ0) is 26.2. The van der Waals surface area contributed by atoms with Crippen molar-refractivity contribution in [3.05, 3.63) is 0 Å². The van der Waals surface area contributed by atoms with Crippen molar-refractivity contribution in [3.63, 3.8) is 0 Å². The molecule has 0 unspecified atom stereocenters. The third-order valence-electron chi connectivity index (χ3n) is 4.14. The van der Waals surface area contributed by atoms with Gasteiger partial charge in [0.05, 0.1) is 0 Å². The summed E-state index contributed by atoms with van der Waals surface area (Å²) >= 11 is 4.77. The van der Waals surface area contributed by atoms with E-state index in [2.05, 4.69) is 31.9 Å². The van der Waals surface area contributed by atoms with Gasteiger partial charge in [-0.05, 0) is 12.8 Å². The summed E-state index contributed by atoms with van der Waals surface area (Å²) in [4.78, 5) is 0. The van der Waals surface area contributed by atoms with Crippen molar-refractivity contribution in [2.24, 2.45) is 0 Å². The summed E-state index contributed by atoms with van der Waals surface area (Å²) in [5, 5.41) is -1.21. The Hall–Kier alpha value is -0.160. The van der Waals surface area contributed by atoms with Crippen LogP contribution in [-0.2, 0) is 0 Å². The summed E-state index contributed by atoms with van der Waals surface area (Å²) in [5.74, 6) is -60.3. The van der Waals surface area contributed by atoms with Crippen LogP contribution in [0.4, 0.5) is 70.2 Å². The molecule has 0 rings (SSSR count). The molecule has 0 nitrogen and oxygen atoms in total. The van der Waals surface area contributed by atoms with Crippen molar-refractivity contribution in [3.8, 4) is 0 Å². The van der Waals surface area contributed by atoms with Crippen molar-refractivity contribution >= 4 is 31.9 Å². The van der Waals surface area contributed by atoms with Gasteiger partial charge in [0.2, 0.25) is 0 Å². The summed E-state index contributed by atoms with van der Waals surface area (Å²) < 4.78 is 216. The van der Waals surface area contributed by atoms with Gasteiger partial charge in [0.15, 0.2) is 0 Å². The van der Waals surface area contributed by atoms with Gasteiger partial charge in [0.1, 0.15) is 0 Å². The lowest BCUT2D eigenvalue weighted by Crippen LogP contribution is -2.74. The fourth-order valence-electron chi connectivity index (χ4n) is 2.14. The molecule has 0 atom stereocenters. The van der Waals surface area contributed by atoms with Crippen LogP contribution in [0, 0.1) is 0 Å². The maximum absolute atomic E-state index is 13.6. The van der Waals surface area contributed by atoms with Gasteiger partial charge in [-0.25, -0.2) is 0 Å². The van der Waals surface area contributed by atoms with Crippen LogP contribution >= 0.6 is 31.9 Å². The van der Waals surface area contributed by atoms with Crippen LogP contribution < -0.4 is 0 Å². The number of rotatable bonds is 13. The van der Waals surface area contributed by atoms with E-state index in [-0.39, 0.29) is 0 Å². The van der Waals surface area contributed by atoms with Crippen LogP contribution in [0.15, 0.2) is 0 Å². The molecule has 0 aromatic heterocycles. The van der Waals surface area contributed by atoms with E-state index in [4.69, 9.17) is 0 Å². The van der Waals surface area contributed by atoms with E-state index in [1.165, 1.54) is 0 Å². The minimum atomic E-state index is -8.35. The van der Waals surface area contributed by atoms with Gasteiger partial charge in [-0.1, -0.05) is 31.9 Å². The van der Waals surface area contributed by atoms with Gasteiger partial charge in [-0.3, -0.25) is 0 Å². The minimum Gasteiger partial charge on any atom is -0.200 e. The number of alkyl halides is 18. The molecule has 18 heteroatoms. The molecule has 0 aliphatic carbocycles. The van der Waals surface area contributed by atoms with Gasteiger partial charge in [-0.15, -0.1) is 0 Å². The first kappa shape index (κ1) is 31.8. The molecular formula is C14H12Br2F16. The number of halogens is 18. The average Bonchev–Trinajstić information content (AvgIpc) is 2.63. The van der Waals surface area contributed by atoms with Gasteiger partial charge >= 0.3 is 47.4 Å². The van der Waals surface area contributed by atoms with E-state index in [9.17, 15) is 70.2 Å². The minimum absolute atomic E-state index is 0.607. The Labute approximate surface area is 186 Å². The highest BCUT2D eigenvalue weighted by Gasteiger charge is 2.94. The Morgan fingerprint density at radius 2 is 0.531 bits per heavy atom. The highest BCUT2D eigenvalue weighted by atomic mass is 79.9. The van der Waals surface area contributed by atoms with Crippen molar-refractivity contribution in [1.82, 2.24) is 0 Å². The normalized spacial score (nSPS) is 15.9. The predicted octanol–water partition coefficient (Wildman–Crippen LogP) is 8.42. The average molecular weight is 644 g/mol. The first-order chi connectivity index (χ1) is 13.9. The fraction of sp³-hybridized carbons (Fsp3) is 1.00. The van der Waals surface area contributed by atoms with Gasteiger partial charge in [0, 0.05) is 23.5 Å². The molecule has 0 saturated carbocycles. The first-order valence-electron chi connectivity index (χ1n) is 8.02. The quantitative estimate of drug-likeness (QED) is 0.140. The Morgan fingerprint density at radius 3 is 0.719 bits per heavy atom. The summed E-state index contributed by atoms with van der Waals surface area (Å²) in [5.41, 5.74) is 0. The molecule has 32 heavy (non-hydrogen) atoms. The largest absolute Gasteiger partial charge is 0.384 e. The second kappa shape index (κ2) is 9.47. The summed E-state index contributed by atoms with van der Waals surface area (Å²) in [7, 11) is 0. The maximum Gasteiger partial charge on any atom is 0.384 e. The predicted molar refractivity (Wildman–Crippen MR) is 85.6 cm³/mol. The molecule has 0 radical (unpaired) electrons. The Morgan fingerprint density at radius 1 is 0.344 bits per heavy atom. The molecule has 194 valence electrons. The van der Waals surface area contributed by atoms with Crippen molar-refractivity contribution in [2.75, 3.05) is 10.7 Å². The number of hydrogen-bond donors (Lipinski definition) is 0. The smallest absolute Gasteiger partial charge is 0.200 e. The van der Waals surface area contributed by atoms with Crippen LogP contribution in [0.1, 0.15) is 25.7 Å². The Bertz CT molecular complexity index is 576. The molecule has 0 aromatic rings. The zero-order valence-corrected chi connectivity index (χ0v) is 18.2. The number of hydrogen-bond acceptors (Lipinski definition) is 0. The van der Waals surface area contributed by atoms with Crippen LogP contribution in [0.3, 0.4) is 0 Å². The molecular weight excluding hydrogens is 632 g/mol. The van der Waals surface area contributed by atoms with Crippen LogP contribution in [0.2, 0.25) is 0 Å². The summed E-state index contributed by atoms with van der Waals surface area (Å²) in [6, 6.07) is 0. The lowest BCUT2D eigenvalue weighted by atomic mass is 9.86. The molecule has 0 aromatic carbocycles. The van der Waals surface area contributed by atoms with Gasteiger partial charge in [0.25, 0.3) is 0 Å².